The molecule has 2 bridgehead atoms. The van der Waals surface area contributed by atoms with Crippen LogP contribution in [0.2, 0.25) is 5.02 Å². The number of likely N-dealkylation sites (tertiary alicyclic amines) is 1. The lowest BCUT2D eigenvalue weighted by Crippen LogP contribution is -2.54. The minimum Gasteiger partial charge on any atom is -0.396 e. The maximum atomic E-state index is 13.5. The second kappa shape index (κ2) is 8.16. The van der Waals surface area contributed by atoms with Gasteiger partial charge >= 0.3 is 0 Å². The molecule has 30 heavy (non-hydrogen) atoms. The molecule has 4 atom stereocenters. The molecule has 2 aliphatic carbocycles. The molecule has 0 spiro atoms. The van der Waals surface area contributed by atoms with E-state index in [2.05, 4.69) is 21.8 Å². The molecule has 2 N–H and O–H groups in total. The number of amides is 1. The smallest absolute Gasteiger partial charge is 0.223 e. The third kappa shape index (κ3) is 3.64. The van der Waals surface area contributed by atoms with Crippen molar-refractivity contribution in [3.05, 3.63) is 28.5 Å². The molecule has 3 fully saturated rings. The molecule has 3 aliphatic rings. The molecule has 0 aromatic carbocycles. The molecule has 6 heteroatoms. The van der Waals surface area contributed by atoms with Crippen LogP contribution in [0.3, 0.4) is 0 Å². The van der Waals surface area contributed by atoms with Gasteiger partial charge in [0, 0.05) is 42.9 Å². The van der Waals surface area contributed by atoms with Gasteiger partial charge in [-0.05, 0) is 67.4 Å². The first kappa shape index (κ1) is 20.3. The van der Waals surface area contributed by atoms with Crippen LogP contribution in [0.1, 0.15) is 87.7 Å². The Kier molecular flexibility index (Phi) is 5.53. The van der Waals surface area contributed by atoms with Crippen LogP contribution in [0.15, 0.2) is 12.4 Å². The van der Waals surface area contributed by atoms with E-state index < -0.39 is 0 Å². The number of nitrogens with zero attached hydrogens (tertiary/aromatic N) is 2. The molecule has 4 unspecified atom stereocenters. The number of carbonyl (C=O) groups excluding carboxylic acids is 1. The van der Waals surface area contributed by atoms with Gasteiger partial charge in [-0.15, -0.1) is 0 Å². The number of pyridine rings is 1. The molecule has 1 aliphatic heterocycles. The fourth-order valence-corrected chi connectivity index (χ4v) is 6.40. The number of rotatable bonds is 6. The number of piperidine rings is 1. The fourth-order valence-electron chi connectivity index (χ4n) is 6.10. The van der Waals surface area contributed by atoms with Crippen molar-refractivity contribution in [2.45, 2.75) is 88.6 Å². The number of aromatic amines is 1. The van der Waals surface area contributed by atoms with Gasteiger partial charge in [-0.1, -0.05) is 31.4 Å². The molecular formula is C24H32ClN3O2. The molecule has 0 radical (unpaired) electrons. The molecule has 1 saturated heterocycles. The minimum absolute atomic E-state index is 0.0973. The Morgan fingerprint density at radius 1 is 1.33 bits per heavy atom. The summed E-state index contributed by atoms with van der Waals surface area (Å²) in [6, 6.07) is 0.551. The minimum atomic E-state index is 0.0973. The standard InChI is InChI=1S/C24H32ClN3O2/c1-14(19-12-26-24-23(19)22(16-5-6-16)20(25)13-27-24)9-21(30)28-17-4-2-3-15(10-17)11-18(28)7-8-29/h12-18,29H,2-11H2,1H3,(H,26,27). The molecule has 2 saturated carbocycles. The van der Waals surface area contributed by atoms with Crippen molar-refractivity contribution in [3.63, 3.8) is 0 Å². The second-order valence-corrected chi connectivity index (χ2v) is 10.2. The van der Waals surface area contributed by atoms with Crippen LogP contribution < -0.4 is 0 Å². The van der Waals surface area contributed by atoms with E-state index in [4.69, 9.17) is 11.6 Å². The third-order valence-corrected chi connectivity index (χ3v) is 7.92. The monoisotopic (exact) mass is 429 g/mol. The van der Waals surface area contributed by atoms with Gasteiger partial charge in [-0.25, -0.2) is 4.98 Å². The highest BCUT2D eigenvalue weighted by molar-refractivity contribution is 6.32. The molecule has 1 amide bonds. The summed E-state index contributed by atoms with van der Waals surface area (Å²) in [5.41, 5.74) is 3.25. The summed E-state index contributed by atoms with van der Waals surface area (Å²) in [6.45, 7) is 2.30. The number of nitrogens with one attached hydrogen (secondary N) is 1. The van der Waals surface area contributed by atoms with Crippen molar-refractivity contribution in [2.75, 3.05) is 6.61 Å². The van der Waals surface area contributed by atoms with Crippen molar-refractivity contribution in [1.82, 2.24) is 14.9 Å². The van der Waals surface area contributed by atoms with Crippen LogP contribution in [0, 0.1) is 5.92 Å². The van der Waals surface area contributed by atoms with E-state index in [1.807, 2.05) is 6.20 Å². The summed E-state index contributed by atoms with van der Waals surface area (Å²) < 4.78 is 0. The molecular weight excluding hydrogens is 398 g/mol. The zero-order chi connectivity index (χ0) is 20.8. The van der Waals surface area contributed by atoms with E-state index in [0.29, 0.717) is 24.8 Å². The number of hydrogen-bond donors (Lipinski definition) is 2. The Hall–Kier alpha value is -1.59. The van der Waals surface area contributed by atoms with Gasteiger partial charge in [-0.3, -0.25) is 4.79 Å². The van der Waals surface area contributed by atoms with Crippen molar-refractivity contribution >= 4 is 28.5 Å². The number of hydrogen-bond acceptors (Lipinski definition) is 3. The first-order valence-corrected chi connectivity index (χ1v) is 12.0. The summed E-state index contributed by atoms with van der Waals surface area (Å²) in [4.78, 5) is 23.5. The number of fused-ring (bicyclic) bond motifs is 3. The predicted octanol–water partition coefficient (Wildman–Crippen LogP) is 5.13. The van der Waals surface area contributed by atoms with Crippen molar-refractivity contribution in [3.8, 4) is 0 Å². The summed E-state index contributed by atoms with van der Waals surface area (Å²) in [6.07, 6.45) is 13.1. The normalized spacial score (nSPS) is 27.4. The van der Waals surface area contributed by atoms with Gasteiger partial charge in [0.2, 0.25) is 5.91 Å². The summed E-state index contributed by atoms with van der Waals surface area (Å²) in [5, 5.41) is 11.5. The van der Waals surface area contributed by atoms with Crippen molar-refractivity contribution in [2.24, 2.45) is 5.92 Å². The van der Waals surface area contributed by atoms with E-state index in [1.54, 1.807) is 6.20 Å². The lowest BCUT2D eigenvalue weighted by Gasteiger charge is -2.48. The predicted molar refractivity (Wildman–Crippen MR) is 119 cm³/mol. The zero-order valence-electron chi connectivity index (χ0n) is 17.7. The van der Waals surface area contributed by atoms with Gasteiger partial charge < -0.3 is 15.0 Å². The molecule has 3 heterocycles. The lowest BCUT2D eigenvalue weighted by molar-refractivity contribution is -0.142. The van der Waals surface area contributed by atoms with Gasteiger partial charge in [0.15, 0.2) is 0 Å². The van der Waals surface area contributed by atoms with Crippen LogP contribution in [0.25, 0.3) is 11.0 Å². The van der Waals surface area contributed by atoms with Crippen LogP contribution in [-0.2, 0) is 4.79 Å². The number of H-pyrrole nitrogens is 1. The Bertz CT molecular complexity index is 938. The largest absolute Gasteiger partial charge is 0.396 e. The van der Waals surface area contributed by atoms with Gasteiger partial charge in [0.05, 0.1) is 5.02 Å². The molecule has 162 valence electrons. The van der Waals surface area contributed by atoms with Crippen molar-refractivity contribution in [1.29, 1.82) is 0 Å². The van der Waals surface area contributed by atoms with Crippen LogP contribution in [0.5, 0.6) is 0 Å². The van der Waals surface area contributed by atoms with E-state index in [9.17, 15) is 9.90 Å². The molecule has 2 aromatic rings. The lowest BCUT2D eigenvalue weighted by atomic mass is 9.75. The second-order valence-electron chi connectivity index (χ2n) is 9.76. The van der Waals surface area contributed by atoms with E-state index in [-0.39, 0.29) is 24.5 Å². The van der Waals surface area contributed by atoms with Crippen LogP contribution in [0.4, 0.5) is 0 Å². The van der Waals surface area contributed by atoms with Crippen LogP contribution in [-0.4, -0.2) is 44.6 Å². The van der Waals surface area contributed by atoms with Gasteiger partial charge in [0.1, 0.15) is 5.65 Å². The van der Waals surface area contributed by atoms with E-state index in [1.165, 1.54) is 31.2 Å². The first-order chi connectivity index (χ1) is 14.6. The van der Waals surface area contributed by atoms with Crippen LogP contribution >= 0.6 is 11.6 Å². The Labute approximate surface area is 183 Å². The quantitative estimate of drug-likeness (QED) is 0.668. The number of aliphatic hydroxyl groups is 1. The average Bonchev–Trinajstić information content (AvgIpc) is 3.46. The third-order valence-electron chi connectivity index (χ3n) is 7.62. The number of carbonyl (C=O) groups is 1. The van der Waals surface area contributed by atoms with E-state index >= 15 is 0 Å². The van der Waals surface area contributed by atoms with E-state index in [0.717, 1.165) is 46.8 Å². The topological polar surface area (TPSA) is 69.2 Å². The Morgan fingerprint density at radius 2 is 2.17 bits per heavy atom. The summed E-state index contributed by atoms with van der Waals surface area (Å²) in [5.74, 6) is 1.59. The Morgan fingerprint density at radius 3 is 2.93 bits per heavy atom. The van der Waals surface area contributed by atoms with Gasteiger partial charge in [0.25, 0.3) is 0 Å². The number of aliphatic hydroxyl groups excluding tert-OH is 1. The number of aromatic nitrogens is 2. The highest BCUT2D eigenvalue weighted by atomic mass is 35.5. The summed E-state index contributed by atoms with van der Waals surface area (Å²) >= 11 is 6.54. The van der Waals surface area contributed by atoms with Gasteiger partial charge in [-0.2, -0.15) is 0 Å². The molecule has 5 nitrogen and oxygen atoms in total. The van der Waals surface area contributed by atoms with Crippen molar-refractivity contribution < 1.29 is 9.90 Å². The fraction of sp³-hybridized carbons (Fsp3) is 0.667. The number of halogens is 1. The zero-order valence-corrected chi connectivity index (χ0v) is 18.5. The summed E-state index contributed by atoms with van der Waals surface area (Å²) in [7, 11) is 0. The highest BCUT2D eigenvalue weighted by Crippen LogP contribution is 2.48. The first-order valence-electron chi connectivity index (χ1n) is 11.6. The maximum Gasteiger partial charge on any atom is 0.223 e. The molecule has 5 rings (SSSR count). The SMILES string of the molecule is CC(CC(=O)N1C(CCO)CC2CCCC1C2)c1c[nH]c2ncc(Cl)c(C3CC3)c12. The average molecular weight is 430 g/mol. The highest BCUT2D eigenvalue weighted by Gasteiger charge is 2.40. The Balaban J connectivity index is 1.40. The molecule has 2 aromatic heterocycles. The maximum absolute atomic E-state index is 13.5.